The van der Waals surface area contributed by atoms with E-state index in [1.807, 2.05) is 11.8 Å². The van der Waals surface area contributed by atoms with Crippen LogP contribution in [0.5, 0.6) is 0 Å². The lowest BCUT2D eigenvalue weighted by Crippen LogP contribution is -2.32. The summed E-state index contributed by atoms with van der Waals surface area (Å²) in [5.74, 6) is -0.404. The molecule has 0 spiro atoms. The number of cyclic esters (lactones) is 1. The number of carbonyl (C=O) groups is 2. The number of nitrogens with zero attached hydrogens (tertiary/aromatic N) is 3. The van der Waals surface area contributed by atoms with Crippen molar-refractivity contribution in [1.29, 1.82) is 5.26 Å². The summed E-state index contributed by atoms with van der Waals surface area (Å²) in [6.07, 6.45) is 1.01. The average Bonchev–Trinajstić information content (AvgIpc) is 3.06. The molecule has 0 radical (unpaired) electrons. The highest BCUT2D eigenvalue weighted by Gasteiger charge is 2.32. The molecular formula is C19H21FN4O3. The predicted octanol–water partition coefficient (Wildman–Crippen LogP) is 2.34. The Labute approximate surface area is 157 Å². The molecule has 1 aromatic rings. The number of nitrogens with one attached hydrogen (secondary N) is 1. The Morgan fingerprint density at radius 2 is 2.19 bits per heavy atom. The molecule has 2 heterocycles. The molecule has 1 N–H and O–H groups in total. The van der Waals surface area contributed by atoms with Crippen LogP contribution in [0, 0.1) is 17.1 Å². The predicted molar refractivity (Wildman–Crippen MR) is 97.8 cm³/mol. The van der Waals surface area contributed by atoms with Crippen LogP contribution in [0.15, 0.2) is 29.3 Å². The maximum absolute atomic E-state index is 14.7. The van der Waals surface area contributed by atoms with Gasteiger partial charge in [0, 0.05) is 18.7 Å². The number of halogens is 1. The zero-order chi connectivity index (χ0) is 19.4. The first-order valence-corrected chi connectivity index (χ1v) is 8.82. The molecule has 2 saturated heterocycles. The first-order valence-electron chi connectivity index (χ1n) is 8.82. The standard InChI is InChI=1S/C19H21FN4O3/c1-13(9-21)14-4-6-23(7-5-14)18-3-2-15(8-17(18)20)24-11-16(10-22-12-25)27-19(24)26/h2-3,8,12,16H,4-7,10-11H2,1H3,(H,22,25)/t16-/m0/s1. The van der Waals surface area contributed by atoms with E-state index in [1.165, 1.54) is 11.0 Å². The summed E-state index contributed by atoms with van der Waals surface area (Å²) < 4.78 is 19.9. The lowest BCUT2D eigenvalue weighted by atomic mass is 9.99. The van der Waals surface area contributed by atoms with Crippen LogP contribution in [0.1, 0.15) is 19.8 Å². The fourth-order valence-electron chi connectivity index (χ4n) is 3.41. The molecule has 3 rings (SSSR count). The minimum Gasteiger partial charge on any atom is -0.442 e. The van der Waals surface area contributed by atoms with Gasteiger partial charge >= 0.3 is 6.09 Å². The summed E-state index contributed by atoms with van der Waals surface area (Å²) in [5.41, 5.74) is 2.78. The monoisotopic (exact) mass is 372 g/mol. The maximum atomic E-state index is 14.7. The van der Waals surface area contributed by atoms with E-state index in [9.17, 15) is 14.0 Å². The van der Waals surface area contributed by atoms with Gasteiger partial charge < -0.3 is 15.0 Å². The van der Waals surface area contributed by atoms with Crippen LogP contribution in [0.25, 0.3) is 0 Å². The summed E-state index contributed by atoms with van der Waals surface area (Å²) in [7, 11) is 0. The van der Waals surface area contributed by atoms with E-state index in [0.717, 1.165) is 24.0 Å². The molecule has 2 amide bonds. The van der Waals surface area contributed by atoms with Crippen LogP contribution in [0.2, 0.25) is 0 Å². The first-order chi connectivity index (χ1) is 13.0. The van der Waals surface area contributed by atoms with Gasteiger partial charge in [0.25, 0.3) is 0 Å². The zero-order valence-corrected chi connectivity index (χ0v) is 15.1. The normalized spacial score (nSPS) is 19.5. The smallest absolute Gasteiger partial charge is 0.414 e. The number of allylic oxidation sites excluding steroid dienone is 1. The minimum absolute atomic E-state index is 0.220. The van der Waals surface area contributed by atoms with Gasteiger partial charge in [-0.1, -0.05) is 5.57 Å². The van der Waals surface area contributed by atoms with Crippen molar-refractivity contribution in [2.75, 3.05) is 36.0 Å². The Morgan fingerprint density at radius 3 is 2.81 bits per heavy atom. The molecule has 1 atom stereocenters. The molecule has 7 nitrogen and oxygen atoms in total. The first kappa shape index (κ1) is 18.7. The van der Waals surface area contributed by atoms with Gasteiger partial charge in [-0.3, -0.25) is 9.69 Å². The van der Waals surface area contributed by atoms with Crippen LogP contribution in [-0.2, 0) is 9.53 Å². The van der Waals surface area contributed by atoms with E-state index in [1.54, 1.807) is 12.1 Å². The van der Waals surface area contributed by atoms with Crippen molar-refractivity contribution >= 4 is 23.9 Å². The summed E-state index contributed by atoms with van der Waals surface area (Å²) in [5, 5.41) is 11.5. The number of benzene rings is 1. The fourth-order valence-corrected chi connectivity index (χ4v) is 3.41. The number of hydrogen-bond donors (Lipinski definition) is 1. The van der Waals surface area contributed by atoms with Gasteiger partial charge in [0.2, 0.25) is 6.41 Å². The van der Waals surface area contributed by atoms with E-state index in [0.29, 0.717) is 30.9 Å². The largest absolute Gasteiger partial charge is 0.442 e. The third-order valence-electron chi connectivity index (χ3n) is 4.95. The third kappa shape index (κ3) is 4.03. The third-order valence-corrected chi connectivity index (χ3v) is 4.95. The molecule has 27 heavy (non-hydrogen) atoms. The van der Waals surface area contributed by atoms with Gasteiger partial charge in [0.05, 0.1) is 30.5 Å². The summed E-state index contributed by atoms with van der Waals surface area (Å²) >= 11 is 0. The molecule has 0 bridgehead atoms. The number of carbonyl (C=O) groups excluding carboxylic acids is 2. The lowest BCUT2D eigenvalue weighted by molar-refractivity contribution is -0.109. The molecule has 0 aliphatic carbocycles. The van der Waals surface area contributed by atoms with Gasteiger partial charge in [-0.2, -0.15) is 5.26 Å². The fraction of sp³-hybridized carbons (Fsp3) is 0.421. The minimum atomic E-state index is -0.556. The van der Waals surface area contributed by atoms with Crippen molar-refractivity contribution < 1.29 is 18.7 Å². The van der Waals surface area contributed by atoms with Crippen molar-refractivity contribution in [1.82, 2.24) is 5.32 Å². The number of ether oxygens (including phenoxy) is 1. The number of anilines is 2. The molecule has 142 valence electrons. The molecule has 2 fully saturated rings. The van der Waals surface area contributed by atoms with Crippen LogP contribution in [-0.4, -0.2) is 44.8 Å². The molecule has 0 unspecified atom stereocenters. The highest BCUT2D eigenvalue weighted by Crippen LogP contribution is 2.30. The van der Waals surface area contributed by atoms with Crippen LogP contribution in [0.3, 0.4) is 0 Å². The van der Waals surface area contributed by atoms with Gasteiger partial charge in [0.1, 0.15) is 11.9 Å². The summed E-state index contributed by atoms with van der Waals surface area (Å²) in [6, 6.07) is 6.87. The number of amides is 2. The second kappa shape index (κ2) is 8.08. The van der Waals surface area contributed by atoms with E-state index >= 15 is 0 Å². The number of piperidine rings is 1. The van der Waals surface area contributed by atoms with Crippen molar-refractivity contribution in [2.45, 2.75) is 25.9 Å². The Kier molecular flexibility index (Phi) is 5.60. The molecule has 2 aliphatic rings. The SMILES string of the molecule is CC(C#N)=C1CCN(c2ccc(N3C[C@H](CNC=O)OC3=O)cc2F)CC1. The molecule has 2 aliphatic heterocycles. The number of nitriles is 1. The quantitative estimate of drug-likeness (QED) is 0.633. The topological polar surface area (TPSA) is 85.7 Å². The second-order valence-electron chi connectivity index (χ2n) is 6.61. The number of hydrogen-bond acceptors (Lipinski definition) is 5. The van der Waals surface area contributed by atoms with Crippen molar-refractivity contribution in [3.63, 3.8) is 0 Å². The Morgan fingerprint density at radius 1 is 1.44 bits per heavy atom. The van der Waals surface area contributed by atoms with Crippen LogP contribution in [0.4, 0.5) is 20.6 Å². The van der Waals surface area contributed by atoms with E-state index in [2.05, 4.69) is 11.4 Å². The van der Waals surface area contributed by atoms with Crippen LogP contribution >= 0.6 is 0 Å². The lowest BCUT2D eigenvalue weighted by Gasteiger charge is -2.31. The van der Waals surface area contributed by atoms with Crippen molar-refractivity contribution in [2.24, 2.45) is 0 Å². The Balaban J connectivity index is 1.69. The summed E-state index contributed by atoms with van der Waals surface area (Å²) in [4.78, 5) is 25.7. The van der Waals surface area contributed by atoms with Crippen molar-refractivity contribution in [3.8, 4) is 6.07 Å². The van der Waals surface area contributed by atoms with E-state index < -0.39 is 18.0 Å². The highest BCUT2D eigenvalue weighted by atomic mass is 19.1. The van der Waals surface area contributed by atoms with Crippen molar-refractivity contribution in [3.05, 3.63) is 35.2 Å². The molecule has 0 saturated carbocycles. The molecule has 0 aromatic heterocycles. The highest BCUT2D eigenvalue weighted by molar-refractivity contribution is 5.90. The Bertz CT molecular complexity index is 808. The maximum Gasteiger partial charge on any atom is 0.414 e. The molecule has 8 heteroatoms. The van der Waals surface area contributed by atoms with Gasteiger partial charge in [-0.15, -0.1) is 0 Å². The summed E-state index contributed by atoms with van der Waals surface area (Å²) in [6.45, 7) is 3.58. The number of rotatable bonds is 5. The van der Waals surface area contributed by atoms with Gasteiger partial charge in [0.15, 0.2) is 0 Å². The van der Waals surface area contributed by atoms with E-state index in [-0.39, 0.29) is 13.1 Å². The van der Waals surface area contributed by atoms with E-state index in [4.69, 9.17) is 10.00 Å². The zero-order valence-electron chi connectivity index (χ0n) is 15.1. The second-order valence-corrected chi connectivity index (χ2v) is 6.61. The van der Waals surface area contributed by atoms with Crippen LogP contribution < -0.4 is 15.1 Å². The average molecular weight is 372 g/mol. The van der Waals surface area contributed by atoms with Gasteiger partial charge in [-0.25, -0.2) is 9.18 Å². The Hall–Kier alpha value is -3.08. The van der Waals surface area contributed by atoms with Gasteiger partial charge in [-0.05, 0) is 38.0 Å². The molecule has 1 aromatic carbocycles. The molecular weight excluding hydrogens is 351 g/mol.